The van der Waals surface area contributed by atoms with Gasteiger partial charge >= 0.3 is 6.18 Å². The summed E-state index contributed by atoms with van der Waals surface area (Å²) in [5, 5.41) is 11.0. The van der Waals surface area contributed by atoms with Gasteiger partial charge in [0.2, 0.25) is 0 Å². The summed E-state index contributed by atoms with van der Waals surface area (Å²) in [6, 6.07) is 9.36. The average Bonchev–Trinajstić information content (AvgIpc) is 3.39. The molecule has 178 valence electrons. The number of alkyl halides is 3. The molecule has 0 aliphatic heterocycles. The van der Waals surface area contributed by atoms with Crippen LogP contribution in [0.25, 0.3) is 16.9 Å². The highest BCUT2D eigenvalue weighted by molar-refractivity contribution is 6.31. The smallest absolute Gasteiger partial charge is 0.345 e. The maximum Gasteiger partial charge on any atom is 0.433 e. The van der Waals surface area contributed by atoms with Crippen molar-refractivity contribution < 1.29 is 18.0 Å². The Morgan fingerprint density at radius 2 is 1.88 bits per heavy atom. The Hall–Kier alpha value is -3.40. The SMILES string of the molecule is CCn1ncc(Cl)c1CNC(=O)c1cc2nc(-c3ccc(C(C)C)cc3)cc(C(F)(F)F)n2n1. The van der Waals surface area contributed by atoms with Crippen molar-refractivity contribution in [1.29, 1.82) is 0 Å². The Balaban J connectivity index is 1.69. The first-order chi connectivity index (χ1) is 16.1. The third-order valence-electron chi connectivity index (χ3n) is 5.44. The number of fused-ring (bicyclic) bond motifs is 1. The van der Waals surface area contributed by atoms with Crippen molar-refractivity contribution in [3.8, 4) is 11.3 Å². The lowest BCUT2D eigenvalue weighted by Crippen LogP contribution is -2.25. The molecule has 1 N–H and O–H groups in total. The number of rotatable bonds is 6. The number of amides is 1. The number of carbonyl (C=O) groups is 1. The molecule has 0 atom stereocenters. The van der Waals surface area contributed by atoms with Crippen molar-refractivity contribution in [3.63, 3.8) is 0 Å². The fraction of sp³-hybridized carbons (Fsp3) is 0.304. The predicted molar refractivity (Wildman–Crippen MR) is 122 cm³/mol. The molecule has 3 aromatic heterocycles. The molecule has 1 aromatic carbocycles. The number of hydrogen-bond acceptors (Lipinski definition) is 4. The molecule has 4 aromatic rings. The fourth-order valence-electron chi connectivity index (χ4n) is 3.56. The number of carbonyl (C=O) groups excluding carboxylic acids is 1. The molecule has 11 heteroatoms. The molecule has 0 radical (unpaired) electrons. The van der Waals surface area contributed by atoms with E-state index >= 15 is 0 Å². The van der Waals surface area contributed by atoms with Gasteiger partial charge in [0.1, 0.15) is 0 Å². The summed E-state index contributed by atoms with van der Waals surface area (Å²) in [4.78, 5) is 17.0. The van der Waals surface area contributed by atoms with Gasteiger partial charge in [-0.3, -0.25) is 9.48 Å². The molecular weight excluding hydrogens is 469 g/mol. The Morgan fingerprint density at radius 1 is 1.18 bits per heavy atom. The van der Waals surface area contributed by atoms with Crippen molar-refractivity contribution in [1.82, 2.24) is 29.7 Å². The second-order valence-corrected chi connectivity index (χ2v) is 8.45. The van der Waals surface area contributed by atoms with Gasteiger partial charge < -0.3 is 5.32 Å². The first kappa shape index (κ1) is 23.7. The lowest BCUT2D eigenvalue weighted by molar-refractivity contribution is -0.142. The predicted octanol–water partition coefficient (Wildman–Crippen LogP) is 5.34. The van der Waals surface area contributed by atoms with Crippen LogP contribution >= 0.6 is 11.6 Å². The second-order valence-electron chi connectivity index (χ2n) is 8.04. The van der Waals surface area contributed by atoms with Crippen molar-refractivity contribution in [2.45, 2.75) is 46.0 Å². The lowest BCUT2D eigenvalue weighted by atomic mass is 10.0. The van der Waals surface area contributed by atoms with Crippen molar-refractivity contribution in [3.05, 3.63) is 70.3 Å². The summed E-state index contributed by atoms with van der Waals surface area (Å²) in [6.07, 6.45) is -3.24. The van der Waals surface area contributed by atoms with E-state index in [2.05, 4.69) is 20.5 Å². The Labute approximate surface area is 198 Å². The third kappa shape index (κ3) is 4.63. The van der Waals surface area contributed by atoms with E-state index in [1.165, 1.54) is 12.3 Å². The number of nitrogens with zero attached hydrogens (tertiary/aromatic N) is 5. The van der Waals surface area contributed by atoms with Gasteiger partial charge in [0.05, 0.1) is 29.2 Å². The van der Waals surface area contributed by atoms with Crippen LogP contribution in [-0.2, 0) is 19.3 Å². The molecule has 0 aliphatic carbocycles. The summed E-state index contributed by atoms with van der Waals surface area (Å²) >= 11 is 6.10. The molecule has 0 bridgehead atoms. The molecule has 0 saturated carbocycles. The van der Waals surface area contributed by atoms with Crippen molar-refractivity contribution >= 4 is 23.2 Å². The first-order valence-electron chi connectivity index (χ1n) is 10.6. The van der Waals surface area contributed by atoms with Gasteiger partial charge in [0, 0.05) is 18.2 Å². The highest BCUT2D eigenvalue weighted by atomic mass is 35.5. The van der Waals surface area contributed by atoms with E-state index in [4.69, 9.17) is 11.6 Å². The number of hydrogen-bond donors (Lipinski definition) is 1. The van der Waals surface area contributed by atoms with Crippen LogP contribution in [0.1, 0.15) is 54.1 Å². The summed E-state index contributed by atoms with van der Waals surface area (Å²) < 4.78 is 43.8. The van der Waals surface area contributed by atoms with Gasteiger partial charge in [-0.1, -0.05) is 49.7 Å². The Kier molecular flexibility index (Phi) is 6.35. The largest absolute Gasteiger partial charge is 0.433 e. The Morgan fingerprint density at radius 3 is 2.50 bits per heavy atom. The van der Waals surface area contributed by atoms with E-state index in [-0.39, 0.29) is 29.5 Å². The van der Waals surface area contributed by atoms with Crippen LogP contribution in [0, 0.1) is 0 Å². The van der Waals surface area contributed by atoms with Gasteiger partial charge in [-0.05, 0) is 24.5 Å². The summed E-state index contributed by atoms with van der Waals surface area (Å²) in [5.41, 5.74) is 1.03. The molecule has 0 aliphatic rings. The number of halogens is 4. The van der Waals surface area contributed by atoms with Gasteiger partial charge in [0.25, 0.3) is 5.91 Å². The summed E-state index contributed by atoms with van der Waals surface area (Å²) in [5.74, 6) is -0.363. The topological polar surface area (TPSA) is 77.1 Å². The van der Waals surface area contributed by atoms with E-state index in [1.54, 1.807) is 16.8 Å². The molecule has 4 rings (SSSR count). The molecule has 3 heterocycles. The number of aryl methyl sites for hydroxylation is 1. The van der Waals surface area contributed by atoms with Crippen LogP contribution in [0.3, 0.4) is 0 Å². The molecular formula is C23H22ClF3N6O. The van der Waals surface area contributed by atoms with E-state index in [9.17, 15) is 18.0 Å². The van der Waals surface area contributed by atoms with E-state index in [1.807, 2.05) is 32.9 Å². The van der Waals surface area contributed by atoms with Gasteiger partial charge in [0.15, 0.2) is 17.0 Å². The highest BCUT2D eigenvalue weighted by Crippen LogP contribution is 2.32. The fourth-order valence-corrected chi connectivity index (χ4v) is 3.77. The standard InChI is InChI=1S/C23H22ClF3N6O/c1-4-32-19(16(24)11-29-32)12-28-22(34)18-10-21-30-17(9-20(23(25,26)27)33(21)31-18)15-7-5-14(6-8-15)13(2)3/h5-11,13H,4,12H2,1-3H3,(H,28,34). The third-order valence-corrected chi connectivity index (χ3v) is 5.75. The molecule has 34 heavy (non-hydrogen) atoms. The van der Waals surface area contributed by atoms with Crippen LogP contribution in [0.2, 0.25) is 5.02 Å². The maximum absolute atomic E-state index is 13.8. The monoisotopic (exact) mass is 490 g/mol. The van der Waals surface area contributed by atoms with Gasteiger partial charge in [-0.25, -0.2) is 9.50 Å². The zero-order valence-corrected chi connectivity index (χ0v) is 19.4. The van der Waals surface area contributed by atoms with E-state index in [0.717, 1.165) is 11.6 Å². The molecule has 0 saturated heterocycles. The number of nitrogens with one attached hydrogen (secondary N) is 1. The second kappa shape index (κ2) is 9.09. The molecule has 7 nitrogen and oxygen atoms in total. The van der Waals surface area contributed by atoms with Crippen LogP contribution in [0.4, 0.5) is 13.2 Å². The van der Waals surface area contributed by atoms with Crippen LogP contribution in [0.15, 0.2) is 42.6 Å². The van der Waals surface area contributed by atoms with Crippen LogP contribution < -0.4 is 5.32 Å². The van der Waals surface area contributed by atoms with Gasteiger partial charge in [-0.2, -0.15) is 23.4 Å². The minimum Gasteiger partial charge on any atom is -0.345 e. The zero-order valence-electron chi connectivity index (χ0n) is 18.7. The Bertz CT molecular complexity index is 1340. The first-order valence-corrected chi connectivity index (χ1v) is 11.0. The average molecular weight is 491 g/mol. The molecule has 0 fully saturated rings. The molecule has 0 unspecified atom stereocenters. The summed E-state index contributed by atoms with van der Waals surface area (Å²) in [6.45, 7) is 6.53. The quantitative estimate of drug-likeness (QED) is 0.396. The maximum atomic E-state index is 13.8. The molecule has 1 amide bonds. The van der Waals surface area contributed by atoms with Gasteiger partial charge in [-0.15, -0.1) is 0 Å². The number of benzene rings is 1. The normalized spacial score (nSPS) is 12.0. The van der Waals surface area contributed by atoms with Crippen molar-refractivity contribution in [2.75, 3.05) is 0 Å². The van der Waals surface area contributed by atoms with Crippen LogP contribution in [0.5, 0.6) is 0 Å². The van der Waals surface area contributed by atoms with Crippen LogP contribution in [-0.4, -0.2) is 30.3 Å². The molecule has 0 spiro atoms. The lowest BCUT2D eigenvalue weighted by Gasteiger charge is -2.12. The van der Waals surface area contributed by atoms with Crippen molar-refractivity contribution in [2.24, 2.45) is 0 Å². The minimum atomic E-state index is -4.70. The van der Waals surface area contributed by atoms with E-state index in [0.29, 0.717) is 27.3 Å². The summed E-state index contributed by atoms with van der Waals surface area (Å²) in [7, 11) is 0. The highest BCUT2D eigenvalue weighted by Gasteiger charge is 2.35. The number of aromatic nitrogens is 5. The van der Waals surface area contributed by atoms with E-state index < -0.39 is 17.8 Å². The minimum absolute atomic E-state index is 0.0480. The zero-order chi connectivity index (χ0) is 24.6.